The normalized spacial score (nSPS) is 14.2. The monoisotopic (exact) mass is 451 g/mol. The quantitative estimate of drug-likeness (QED) is 0.442. The first-order chi connectivity index (χ1) is 16.1. The second-order valence-corrected chi connectivity index (χ2v) is 7.69. The summed E-state index contributed by atoms with van der Waals surface area (Å²) in [5, 5.41) is 21.7. The van der Waals surface area contributed by atoms with Crippen molar-refractivity contribution in [2.24, 2.45) is 0 Å². The van der Waals surface area contributed by atoms with Gasteiger partial charge in [-0.15, -0.1) is 0 Å². The van der Waals surface area contributed by atoms with Crippen molar-refractivity contribution in [2.45, 2.75) is 13.1 Å². The molecule has 0 bridgehead atoms. The maximum Gasteiger partial charge on any atom is 0.253 e. The highest BCUT2D eigenvalue weighted by Gasteiger charge is 2.21. The standard InChI is InChI=1S/C22H22FN7O3/c23-17-5-15(6-19(7-17)29-2-4-33-14-22(29)32)12-30-20-8-21(24-9-16(20)10-26-30)27-18-11-25-28(13-18)1-3-31/h5-11,13,31H,1-4,12,14H2,(H,24,27). The molecule has 0 saturated carbocycles. The molecule has 1 saturated heterocycles. The highest BCUT2D eigenvalue weighted by atomic mass is 19.1. The second-order valence-electron chi connectivity index (χ2n) is 7.69. The summed E-state index contributed by atoms with van der Waals surface area (Å²) in [6.07, 6.45) is 6.85. The second kappa shape index (κ2) is 8.96. The lowest BCUT2D eigenvalue weighted by molar-refractivity contribution is -0.125. The molecule has 3 aromatic heterocycles. The number of rotatable bonds is 7. The van der Waals surface area contributed by atoms with Crippen LogP contribution in [0.2, 0.25) is 0 Å². The first kappa shape index (κ1) is 21.0. The number of aliphatic hydroxyl groups is 1. The molecule has 0 atom stereocenters. The summed E-state index contributed by atoms with van der Waals surface area (Å²) in [6.45, 7) is 1.55. The molecule has 1 aromatic carbocycles. The van der Waals surface area contributed by atoms with Crippen LogP contribution in [0.4, 0.5) is 21.6 Å². The number of carbonyl (C=O) groups excluding carboxylic acids is 1. The Hall–Kier alpha value is -3.83. The largest absolute Gasteiger partial charge is 0.394 e. The van der Waals surface area contributed by atoms with Crippen molar-refractivity contribution in [1.29, 1.82) is 0 Å². The number of hydrogen-bond acceptors (Lipinski definition) is 7. The van der Waals surface area contributed by atoms with E-state index in [9.17, 15) is 9.18 Å². The minimum absolute atomic E-state index is 0.00266. The first-order valence-electron chi connectivity index (χ1n) is 10.5. The van der Waals surface area contributed by atoms with Gasteiger partial charge in [-0.3, -0.25) is 14.2 Å². The summed E-state index contributed by atoms with van der Waals surface area (Å²) >= 11 is 0. The van der Waals surface area contributed by atoms with Gasteiger partial charge in [0.05, 0.1) is 49.9 Å². The van der Waals surface area contributed by atoms with E-state index in [1.165, 1.54) is 12.1 Å². The Balaban J connectivity index is 1.40. The van der Waals surface area contributed by atoms with E-state index in [2.05, 4.69) is 20.5 Å². The lowest BCUT2D eigenvalue weighted by Crippen LogP contribution is -2.41. The van der Waals surface area contributed by atoms with Crippen LogP contribution in [0.3, 0.4) is 0 Å². The highest BCUT2D eigenvalue weighted by Crippen LogP contribution is 2.24. The average Bonchev–Trinajstić information content (AvgIpc) is 3.41. The Morgan fingerprint density at radius 1 is 1.15 bits per heavy atom. The molecule has 170 valence electrons. The maximum atomic E-state index is 14.4. The number of halogens is 1. The van der Waals surface area contributed by atoms with E-state index < -0.39 is 5.82 Å². The number of carbonyl (C=O) groups is 1. The number of morpholine rings is 1. The Kier molecular flexibility index (Phi) is 5.71. The molecule has 1 aliphatic rings. The van der Waals surface area contributed by atoms with Gasteiger partial charge in [0.25, 0.3) is 5.91 Å². The predicted octanol–water partition coefficient (Wildman–Crippen LogP) is 1.91. The van der Waals surface area contributed by atoms with Crippen molar-refractivity contribution in [3.05, 3.63) is 60.4 Å². The number of hydrogen-bond donors (Lipinski definition) is 2. The molecule has 5 rings (SSSR count). The highest BCUT2D eigenvalue weighted by molar-refractivity contribution is 5.95. The van der Waals surface area contributed by atoms with Crippen molar-refractivity contribution >= 4 is 34.0 Å². The summed E-state index contributed by atoms with van der Waals surface area (Å²) in [5.41, 5.74) is 2.76. The van der Waals surface area contributed by atoms with Gasteiger partial charge >= 0.3 is 0 Å². The number of anilines is 3. The van der Waals surface area contributed by atoms with Gasteiger partial charge < -0.3 is 20.1 Å². The van der Waals surface area contributed by atoms with Crippen LogP contribution in [0.1, 0.15) is 5.56 Å². The third-order valence-electron chi connectivity index (χ3n) is 5.33. The number of benzene rings is 1. The Morgan fingerprint density at radius 3 is 2.91 bits per heavy atom. The summed E-state index contributed by atoms with van der Waals surface area (Å²) in [7, 11) is 0. The fourth-order valence-electron chi connectivity index (χ4n) is 3.81. The summed E-state index contributed by atoms with van der Waals surface area (Å²) < 4.78 is 22.9. The molecule has 33 heavy (non-hydrogen) atoms. The Morgan fingerprint density at radius 2 is 2.06 bits per heavy atom. The van der Waals surface area contributed by atoms with Crippen LogP contribution in [0.5, 0.6) is 0 Å². The SMILES string of the molecule is O=C1COCCN1c1cc(F)cc(Cn2ncc3cnc(Nc4cnn(CCO)c4)cc32)c1. The molecule has 1 aliphatic heterocycles. The zero-order valence-corrected chi connectivity index (χ0v) is 17.7. The zero-order valence-electron chi connectivity index (χ0n) is 17.7. The van der Waals surface area contributed by atoms with E-state index in [1.807, 2.05) is 6.07 Å². The number of nitrogens with zero attached hydrogens (tertiary/aromatic N) is 6. The molecule has 0 radical (unpaired) electrons. The molecule has 10 nitrogen and oxygen atoms in total. The van der Waals surface area contributed by atoms with Crippen molar-refractivity contribution in [2.75, 3.05) is 36.6 Å². The molecular formula is C22H22FN7O3. The zero-order chi connectivity index (χ0) is 22.8. The van der Waals surface area contributed by atoms with Gasteiger partial charge in [-0.1, -0.05) is 0 Å². The summed E-state index contributed by atoms with van der Waals surface area (Å²) in [6, 6.07) is 6.46. The van der Waals surface area contributed by atoms with Gasteiger partial charge in [0.15, 0.2) is 0 Å². The molecular weight excluding hydrogens is 429 g/mol. The van der Waals surface area contributed by atoms with Crippen LogP contribution in [0, 0.1) is 5.82 Å². The van der Waals surface area contributed by atoms with Crippen molar-refractivity contribution in [3.8, 4) is 0 Å². The predicted molar refractivity (Wildman–Crippen MR) is 119 cm³/mol. The van der Waals surface area contributed by atoms with Crippen LogP contribution >= 0.6 is 0 Å². The molecule has 2 N–H and O–H groups in total. The molecule has 0 spiro atoms. The topological polar surface area (TPSA) is 110 Å². The minimum atomic E-state index is -0.415. The average molecular weight is 451 g/mol. The summed E-state index contributed by atoms with van der Waals surface area (Å²) in [4.78, 5) is 18.1. The third kappa shape index (κ3) is 4.54. The van der Waals surface area contributed by atoms with Gasteiger partial charge in [-0.25, -0.2) is 9.37 Å². The first-order valence-corrected chi connectivity index (χ1v) is 10.5. The molecule has 0 aliphatic carbocycles. The van der Waals surface area contributed by atoms with Gasteiger partial charge in [0.1, 0.15) is 18.2 Å². The van der Waals surface area contributed by atoms with Crippen LogP contribution in [0.25, 0.3) is 10.9 Å². The maximum absolute atomic E-state index is 14.4. The van der Waals surface area contributed by atoms with E-state index in [0.717, 1.165) is 16.6 Å². The molecule has 4 heterocycles. The van der Waals surface area contributed by atoms with Gasteiger partial charge in [0, 0.05) is 36.1 Å². The molecule has 11 heteroatoms. The number of ether oxygens (including phenoxy) is 1. The number of aromatic nitrogens is 5. The summed E-state index contributed by atoms with van der Waals surface area (Å²) in [5.74, 6) is 0.000232. The van der Waals surface area contributed by atoms with Crippen LogP contribution in [0.15, 0.2) is 49.1 Å². The van der Waals surface area contributed by atoms with Crippen LogP contribution in [-0.2, 0) is 22.6 Å². The van der Waals surface area contributed by atoms with Crippen molar-refractivity contribution in [1.82, 2.24) is 24.5 Å². The third-order valence-corrected chi connectivity index (χ3v) is 5.33. The van der Waals surface area contributed by atoms with E-state index >= 15 is 0 Å². The molecule has 1 amide bonds. The fraction of sp³-hybridized carbons (Fsp3) is 0.273. The van der Waals surface area contributed by atoms with Gasteiger partial charge in [-0.05, 0) is 23.8 Å². The van der Waals surface area contributed by atoms with Gasteiger partial charge in [-0.2, -0.15) is 10.2 Å². The Bertz CT molecular complexity index is 1300. The van der Waals surface area contributed by atoms with Crippen LogP contribution in [-0.4, -0.2) is 61.9 Å². The number of amides is 1. The minimum Gasteiger partial charge on any atom is -0.394 e. The lowest BCUT2D eigenvalue weighted by atomic mass is 10.1. The van der Waals surface area contributed by atoms with Gasteiger partial charge in [0.2, 0.25) is 0 Å². The van der Waals surface area contributed by atoms with Crippen molar-refractivity contribution in [3.63, 3.8) is 0 Å². The van der Waals surface area contributed by atoms with E-state index in [0.29, 0.717) is 43.3 Å². The van der Waals surface area contributed by atoms with Crippen molar-refractivity contribution < 1.29 is 19.0 Å². The Labute approximate surface area is 188 Å². The van der Waals surface area contributed by atoms with E-state index in [1.54, 1.807) is 45.1 Å². The fourth-order valence-corrected chi connectivity index (χ4v) is 3.81. The van der Waals surface area contributed by atoms with Crippen LogP contribution < -0.4 is 10.2 Å². The van der Waals surface area contributed by atoms with E-state index in [-0.39, 0.29) is 19.1 Å². The number of pyridine rings is 1. The number of nitrogens with one attached hydrogen (secondary N) is 1. The number of aliphatic hydroxyl groups excluding tert-OH is 1. The molecule has 0 unspecified atom stereocenters. The van der Waals surface area contributed by atoms with E-state index in [4.69, 9.17) is 9.84 Å². The molecule has 4 aromatic rings. The smallest absolute Gasteiger partial charge is 0.253 e. The lowest BCUT2D eigenvalue weighted by Gasteiger charge is -2.27. The molecule has 1 fully saturated rings. The number of fused-ring (bicyclic) bond motifs is 1.